The van der Waals surface area contributed by atoms with Crippen LogP contribution in [0.1, 0.15) is 108 Å². The summed E-state index contributed by atoms with van der Waals surface area (Å²) in [5.41, 5.74) is 3.89. The molecule has 2 bridgehead atoms. The van der Waals surface area contributed by atoms with E-state index in [1.165, 1.54) is 7.11 Å². The van der Waals surface area contributed by atoms with E-state index in [0.717, 1.165) is 35.7 Å². The average molecular weight is 946 g/mol. The van der Waals surface area contributed by atoms with Gasteiger partial charge in [0.15, 0.2) is 18.4 Å². The monoisotopic (exact) mass is 945 g/mol. The van der Waals surface area contributed by atoms with Crippen LogP contribution in [-0.2, 0) is 47.4 Å². The highest BCUT2D eigenvalue weighted by Crippen LogP contribution is 2.43. The molecule has 67 heavy (non-hydrogen) atoms. The molecule has 1 aromatic rings. The van der Waals surface area contributed by atoms with Gasteiger partial charge in [-0.25, -0.2) is 4.79 Å². The van der Waals surface area contributed by atoms with Crippen molar-refractivity contribution in [3.63, 3.8) is 0 Å². The minimum atomic E-state index is -5.04. The molecule has 3 fully saturated rings. The van der Waals surface area contributed by atoms with Crippen molar-refractivity contribution in [2.45, 2.75) is 179 Å². The van der Waals surface area contributed by atoms with Crippen molar-refractivity contribution in [1.82, 2.24) is 4.90 Å². The number of methoxy groups -OCH3 is 2. The molecule has 0 aromatic heterocycles. The minimum Gasteiger partial charge on any atom is -0.488 e. The molecule has 0 radical (unpaired) electrons. The molecular weight excluding hydrogens is 876 g/mol. The lowest BCUT2D eigenvalue weighted by Crippen LogP contribution is -2.60. The van der Waals surface area contributed by atoms with Crippen molar-refractivity contribution in [2.75, 3.05) is 27.9 Å². The molecule has 7 rings (SSSR count). The molecule has 16 heteroatoms. The molecule has 13 nitrogen and oxygen atoms in total. The predicted molar refractivity (Wildman–Crippen MR) is 242 cm³/mol. The molecule has 0 N–H and O–H groups in total. The van der Waals surface area contributed by atoms with Gasteiger partial charge in [-0.3, -0.25) is 4.79 Å². The van der Waals surface area contributed by atoms with Gasteiger partial charge in [0.2, 0.25) is 0 Å². The molecule has 6 aliphatic rings. The number of fused-ring (bicyclic) bond motifs is 2. The maximum atomic E-state index is 14.2. The van der Waals surface area contributed by atoms with Crippen LogP contribution < -0.4 is 4.74 Å². The number of benzene rings is 1. The average Bonchev–Trinajstić information content (AvgIpc) is 3.69. The predicted octanol–water partition coefficient (Wildman–Crippen LogP) is 8.81. The van der Waals surface area contributed by atoms with Crippen LogP contribution in [0.3, 0.4) is 0 Å². The summed E-state index contributed by atoms with van der Waals surface area (Å²) in [5, 5.41) is 0. The Morgan fingerprint density at radius 1 is 0.925 bits per heavy atom. The summed E-state index contributed by atoms with van der Waals surface area (Å²) in [4.78, 5) is 27.0. The van der Waals surface area contributed by atoms with E-state index >= 15 is 0 Å². The van der Waals surface area contributed by atoms with Gasteiger partial charge in [0, 0.05) is 69.9 Å². The molecule has 0 saturated carbocycles. The summed E-state index contributed by atoms with van der Waals surface area (Å²) in [6.07, 6.45) is 3.59. The van der Waals surface area contributed by atoms with Crippen LogP contribution in [0, 0.1) is 24.7 Å². The first-order chi connectivity index (χ1) is 31.7. The van der Waals surface area contributed by atoms with Gasteiger partial charge in [0.25, 0.3) is 0 Å². The van der Waals surface area contributed by atoms with E-state index in [1.807, 2.05) is 51.1 Å². The zero-order valence-corrected chi connectivity index (χ0v) is 40.7. The van der Waals surface area contributed by atoms with Gasteiger partial charge in [-0.2, -0.15) is 13.2 Å². The summed E-state index contributed by atoms with van der Waals surface area (Å²) < 4.78 is 104. The fraction of sp³-hybridized carbons (Fsp3) is 0.686. The first-order valence-corrected chi connectivity index (χ1v) is 23.8. The second-order valence-electron chi connectivity index (χ2n) is 19.4. The van der Waals surface area contributed by atoms with Crippen molar-refractivity contribution in [2.24, 2.45) is 17.8 Å². The molecule has 1 aromatic carbocycles. The lowest BCUT2D eigenvalue weighted by molar-refractivity contribution is -0.315. The number of amides is 1. The molecule has 372 valence electrons. The van der Waals surface area contributed by atoms with E-state index < -0.39 is 85.2 Å². The fourth-order valence-corrected chi connectivity index (χ4v) is 10.7. The maximum Gasteiger partial charge on any atom is 0.471 e. The highest BCUT2D eigenvalue weighted by molar-refractivity contribution is 5.98. The lowest BCUT2D eigenvalue weighted by Gasteiger charge is -2.48. The number of esters is 1. The first kappa shape index (κ1) is 51.2. The van der Waals surface area contributed by atoms with Crippen LogP contribution in [0.2, 0.25) is 0 Å². The van der Waals surface area contributed by atoms with Gasteiger partial charge in [0.05, 0.1) is 54.3 Å². The Hall–Kier alpha value is -3.61. The smallest absolute Gasteiger partial charge is 0.471 e. The summed E-state index contributed by atoms with van der Waals surface area (Å²) in [6.45, 7) is 16.3. The summed E-state index contributed by atoms with van der Waals surface area (Å²) >= 11 is 0. The Labute approximate surface area is 393 Å². The number of hydrogen-bond donors (Lipinski definition) is 0. The summed E-state index contributed by atoms with van der Waals surface area (Å²) in [7, 11) is 4.07. The number of ether oxygens (including phenoxy) is 10. The van der Waals surface area contributed by atoms with Gasteiger partial charge in [0.1, 0.15) is 24.6 Å². The lowest BCUT2D eigenvalue weighted by atomic mass is 9.86. The molecular formula is C51H70F3NO12. The minimum absolute atomic E-state index is 0.0697. The number of carbonyl (C=O) groups excluding carboxylic acids is 2. The van der Waals surface area contributed by atoms with Crippen LogP contribution in [0.25, 0.3) is 5.57 Å². The molecule has 1 amide bonds. The number of alkyl halides is 3. The Balaban J connectivity index is 1.13. The van der Waals surface area contributed by atoms with Crippen molar-refractivity contribution in [1.29, 1.82) is 0 Å². The zero-order valence-electron chi connectivity index (χ0n) is 40.7. The van der Waals surface area contributed by atoms with Crippen molar-refractivity contribution >= 4 is 17.4 Å². The van der Waals surface area contributed by atoms with Crippen LogP contribution in [0.5, 0.6) is 5.75 Å². The zero-order chi connectivity index (χ0) is 48.5. The number of carbonyl (C=O) groups is 2. The largest absolute Gasteiger partial charge is 0.488 e. The molecule has 0 aliphatic carbocycles. The van der Waals surface area contributed by atoms with E-state index in [4.69, 9.17) is 47.4 Å². The van der Waals surface area contributed by atoms with E-state index in [1.54, 1.807) is 14.0 Å². The highest BCUT2D eigenvalue weighted by Gasteiger charge is 2.51. The number of rotatable bonds is 9. The first-order valence-electron chi connectivity index (χ1n) is 23.8. The normalized spacial score (nSPS) is 39.5. The number of hydrogen-bond acceptors (Lipinski definition) is 12. The van der Waals surface area contributed by atoms with Crippen LogP contribution >= 0.6 is 0 Å². The van der Waals surface area contributed by atoms with E-state index in [9.17, 15) is 22.8 Å². The Morgan fingerprint density at radius 2 is 1.63 bits per heavy atom. The number of nitrogens with zero attached hydrogens (tertiary/aromatic N) is 1. The second-order valence-corrected chi connectivity index (χ2v) is 19.4. The quantitative estimate of drug-likeness (QED) is 0.173. The third-order valence-electron chi connectivity index (χ3n) is 14.4. The standard InChI is InChI=1S/C51H70F3NO12/c1-12-28(3)46-31(6)18-19-50(67-46)25-36-22-35(66-50)17-16-30(5)45(29(4)14-13-15-34-26-60-38-21-27(2)20-37(43(34)38)48(56)63-36)64-42-24-40(59-11)47(33(8)62-42)65-41-23-39(58-10)44(32(7)61-41)55(9)49(57)51(52,53)54/h13-16,18-21,28-29,31-33,35-36,39-42,44-47H,12,17,22-26H2,1-11H3/b14-13+,30-16+,34-15+/t28-,29-,31-,32-,33-,35+,36-,39-,40-,41-,42-,44+,45-,46+,47-,50+/m0/s1. The Kier molecular flexibility index (Phi) is 16.2. The SMILES string of the molecule is CC[C@H](C)[C@H]1O[C@]2(C=C[C@@H]1C)C[C@@H]1C[C@@H](C/C=C(\C)[C@@H](O[C@H]3C[C@H](OC)[C@@H](O[C@H]4C[C@H](OC)[C@H](N(C)C(=O)C(F)(F)F)[C@H](C)O4)[C@H](C)O3)[C@@H](C)/C=C/C=C3\COc4cc(C)cc(c43)C(=O)O1)O2. The van der Waals surface area contributed by atoms with Crippen LogP contribution in [0.4, 0.5) is 13.2 Å². The number of aryl methyl sites for hydroxylation is 1. The maximum absolute atomic E-state index is 14.2. The van der Waals surface area contributed by atoms with E-state index in [2.05, 4.69) is 45.9 Å². The summed E-state index contributed by atoms with van der Waals surface area (Å²) in [5.74, 6) is -2.52. The Morgan fingerprint density at radius 3 is 2.33 bits per heavy atom. The molecule has 16 atom stereocenters. The topological polar surface area (TPSA) is 130 Å². The fourth-order valence-electron chi connectivity index (χ4n) is 10.7. The van der Waals surface area contributed by atoms with Crippen molar-refractivity contribution in [3.8, 4) is 5.75 Å². The van der Waals surface area contributed by atoms with Gasteiger partial charge in [-0.05, 0) is 69.4 Å². The van der Waals surface area contributed by atoms with Crippen molar-refractivity contribution in [3.05, 3.63) is 70.9 Å². The molecule has 6 aliphatic heterocycles. The number of likely N-dealkylation sites (N-methyl/N-ethyl adjacent to an activating group) is 1. The van der Waals surface area contributed by atoms with E-state index in [0.29, 0.717) is 48.5 Å². The van der Waals surface area contributed by atoms with E-state index in [-0.39, 0.29) is 36.4 Å². The molecule has 6 heterocycles. The Bertz CT molecular complexity index is 2060. The second kappa shape index (κ2) is 21.2. The molecule has 1 spiro atoms. The highest BCUT2D eigenvalue weighted by atomic mass is 19.4. The van der Waals surface area contributed by atoms with Gasteiger partial charge in [-0.1, -0.05) is 64.5 Å². The third kappa shape index (κ3) is 11.4. The van der Waals surface area contributed by atoms with Crippen LogP contribution in [-0.4, -0.2) is 130 Å². The number of allylic oxidation sites excluding steroid dienone is 2. The van der Waals surface area contributed by atoms with Crippen LogP contribution in [0.15, 0.2) is 54.2 Å². The number of halogens is 3. The van der Waals surface area contributed by atoms with Gasteiger partial charge >= 0.3 is 18.1 Å². The molecule has 3 saturated heterocycles. The molecule has 0 unspecified atom stereocenters. The van der Waals surface area contributed by atoms with Gasteiger partial charge in [-0.15, -0.1) is 0 Å². The third-order valence-corrected chi connectivity index (χ3v) is 14.4. The van der Waals surface area contributed by atoms with Crippen molar-refractivity contribution < 1.29 is 70.1 Å². The van der Waals surface area contributed by atoms with Gasteiger partial charge < -0.3 is 52.3 Å². The summed E-state index contributed by atoms with van der Waals surface area (Å²) in [6, 6.07) is 2.82.